The van der Waals surface area contributed by atoms with E-state index in [9.17, 15) is 28.6 Å². The summed E-state index contributed by atoms with van der Waals surface area (Å²) in [5, 5.41) is 25.7. The molecule has 1 saturated carbocycles. The molecule has 38 heavy (non-hydrogen) atoms. The van der Waals surface area contributed by atoms with E-state index in [1.54, 1.807) is 30.3 Å². The number of aliphatic hydroxyl groups excluding tert-OH is 1. The van der Waals surface area contributed by atoms with Crippen LogP contribution in [0.2, 0.25) is 0 Å². The van der Waals surface area contributed by atoms with Gasteiger partial charge in [0, 0.05) is 37.7 Å². The number of pyridine rings is 1. The third kappa shape index (κ3) is 7.48. The second-order valence-electron chi connectivity index (χ2n) is 10.3. The van der Waals surface area contributed by atoms with Crippen molar-refractivity contribution in [2.75, 3.05) is 25.0 Å². The predicted octanol–water partition coefficient (Wildman–Crippen LogP) is 3.56. The smallest absolute Gasteiger partial charge is 0.326 e. The number of fused-ring (bicyclic) bond motifs is 1. The first kappa shape index (κ1) is 27.9. The quantitative estimate of drug-likeness (QED) is 0.293. The van der Waals surface area contributed by atoms with Gasteiger partial charge in [0.05, 0.1) is 0 Å². The minimum Gasteiger partial charge on any atom is -0.480 e. The first-order valence-electron chi connectivity index (χ1n) is 13.3. The van der Waals surface area contributed by atoms with Crippen LogP contribution >= 0.6 is 0 Å². The number of benzene rings is 1. The number of aliphatic carboxylic acids is 1. The second kappa shape index (κ2) is 12.6. The lowest BCUT2D eigenvalue weighted by molar-refractivity contribution is -0.144. The third-order valence-electron chi connectivity index (χ3n) is 7.35. The van der Waals surface area contributed by atoms with Crippen molar-refractivity contribution in [2.45, 2.75) is 75.5 Å². The molecule has 206 valence electrons. The van der Waals surface area contributed by atoms with Crippen molar-refractivity contribution in [2.24, 2.45) is 0 Å². The Morgan fingerprint density at radius 1 is 1.13 bits per heavy atom. The van der Waals surface area contributed by atoms with Crippen molar-refractivity contribution in [3.8, 4) is 0 Å². The Kier molecular flexibility index (Phi) is 9.27. The second-order valence-corrected chi connectivity index (χ2v) is 10.3. The number of aliphatic hydroxyl groups is 1. The number of hydrogen-bond acceptors (Lipinski definition) is 6. The zero-order chi connectivity index (χ0) is 27.1. The van der Waals surface area contributed by atoms with Crippen molar-refractivity contribution in [3.63, 3.8) is 0 Å². The molecule has 2 unspecified atom stereocenters. The van der Waals surface area contributed by atoms with Gasteiger partial charge < -0.3 is 20.8 Å². The van der Waals surface area contributed by atoms with Gasteiger partial charge in [-0.05, 0) is 62.3 Å². The molecule has 8 nitrogen and oxygen atoms in total. The number of aromatic nitrogens is 1. The summed E-state index contributed by atoms with van der Waals surface area (Å²) in [4.78, 5) is 30.9. The van der Waals surface area contributed by atoms with Gasteiger partial charge in [0.15, 0.2) is 6.10 Å². The van der Waals surface area contributed by atoms with E-state index >= 15 is 0 Å². The molecule has 1 amide bonds. The van der Waals surface area contributed by atoms with Gasteiger partial charge in [0.1, 0.15) is 11.9 Å². The van der Waals surface area contributed by atoms with Crippen LogP contribution in [0.1, 0.15) is 61.4 Å². The number of anilines is 1. The number of halogens is 2. The zero-order valence-corrected chi connectivity index (χ0v) is 21.4. The lowest BCUT2D eigenvalue weighted by Crippen LogP contribution is -2.53. The van der Waals surface area contributed by atoms with Gasteiger partial charge in [-0.2, -0.15) is 0 Å². The molecule has 1 aliphatic heterocycles. The maximum Gasteiger partial charge on any atom is 0.326 e. The molecular weight excluding hydrogens is 494 g/mol. The number of carbonyl (C=O) groups excluding carboxylic acids is 1. The molecular formula is C28H36F2N4O4. The number of alkyl halides is 2. The maximum atomic E-state index is 13.6. The average molecular weight is 531 g/mol. The highest BCUT2D eigenvalue weighted by Gasteiger charge is 2.47. The molecule has 1 aromatic heterocycles. The summed E-state index contributed by atoms with van der Waals surface area (Å²) in [5.41, 5.74) is 2.58. The minimum atomic E-state index is -2.69. The van der Waals surface area contributed by atoms with E-state index in [1.807, 2.05) is 11.0 Å². The fourth-order valence-corrected chi connectivity index (χ4v) is 5.08. The van der Waals surface area contributed by atoms with Crippen LogP contribution in [0.4, 0.5) is 14.6 Å². The molecule has 0 saturated heterocycles. The van der Waals surface area contributed by atoms with E-state index in [2.05, 4.69) is 16.7 Å². The van der Waals surface area contributed by atoms with Crippen molar-refractivity contribution in [1.82, 2.24) is 15.2 Å². The molecule has 10 heteroatoms. The largest absolute Gasteiger partial charge is 0.480 e. The van der Waals surface area contributed by atoms with Gasteiger partial charge in [-0.15, -0.1) is 0 Å². The normalized spacial score (nSPS) is 18.1. The number of amides is 1. The monoisotopic (exact) mass is 530 g/mol. The molecule has 1 aliphatic carbocycles. The number of aryl methyl sites for hydroxylation is 2. The summed E-state index contributed by atoms with van der Waals surface area (Å²) in [6.45, 7) is 1.73. The molecule has 1 aromatic carbocycles. The fraction of sp³-hybridized carbons (Fsp3) is 0.536. The summed E-state index contributed by atoms with van der Waals surface area (Å²) in [5.74, 6) is -3.78. The van der Waals surface area contributed by atoms with Crippen LogP contribution in [0.25, 0.3) is 0 Å². The first-order chi connectivity index (χ1) is 18.2. The highest BCUT2D eigenvalue weighted by molar-refractivity contribution is 5.86. The first-order valence-corrected chi connectivity index (χ1v) is 13.3. The molecule has 0 radical (unpaired) electrons. The van der Waals surface area contributed by atoms with E-state index in [-0.39, 0.29) is 31.8 Å². The van der Waals surface area contributed by atoms with Gasteiger partial charge in [-0.1, -0.05) is 36.4 Å². The number of rotatable bonds is 13. The van der Waals surface area contributed by atoms with Crippen molar-refractivity contribution < 1.29 is 28.6 Å². The molecule has 0 spiro atoms. The Balaban J connectivity index is 1.29. The Morgan fingerprint density at radius 2 is 1.89 bits per heavy atom. The van der Waals surface area contributed by atoms with Crippen LogP contribution in [0.5, 0.6) is 0 Å². The van der Waals surface area contributed by atoms with Gasteiger partial charge >= 0.3 is 5.97 Å². The standard InChI is InChI=1S/C28H36F2N4O4/c29-28(30)17-22(18-28)34(15-5-4-10-21-12-11-20-9-6-14-31-25(20)32-21)16-13-23(27(37)38)33-26(36)24(35)19-7-2-1-3-8-19/h1-3,7-8,11-12,22-24,35H,4-6,9-10,13-18H2,(H,31,32)(H,33,36)(H,37,38). The number of carboxylic acid groups (broad SMARTS) is 1. The lowest BCUT2D eigenvalue weighted by Gasteiger charge is -2.43. The average Bonchev–Trinajstić information content (AvgIpc) is 2.90. The van der Waals surface area contributed by atoms with Gasteiger partial charge in [-0.25, -0.2) is 18.6 Å². The summed E-state index contributed by atoms with van der Waals surface area (Å²) < 4.78 is 27.3. The predicted molar refractivity (Wildman–Crippen MR) is 139 cm³/mol. The van der Waals surface area contributed by atoms with Crippen LogP contribution in [0.3, 0.4) is 0 Å². The number of nitrogens with one attached hydrogen (secondary N) is 2. The molecule has 1 fully saturated rings. The van der Waals surface area contributed by atoms with E-state index in [4.69, 9.17) is 4.98 Å². The third-order valence-corrected chi connectivity index (χ3v) is 7.35. The van der Waals surface area contributed by atoms with Crippen LogP contribution in [-0.4, -0.2) is 69.6 Å². The molecule has 4 rings (SSSR count). The van der Waals surface area contributed by atoms with Crippen molar-refractivity contribution in [1.29, 1.82) is 0 Å². The molecule has 2 aromatic rings. The van der Waals surface area contributed by atoms with Crippen molar-refractivity contribution in [3.05, 3.63) is 59.3 Å². The summed E-state index contributed by atoms with van der Waals surface area (Å²) in [7, 11) is 0. The number of carbonyl (C=O) groups is 2. The topological polar surface area (TPSA) is 115 Å². The van der Waals surface area contributed by atoms with Gasteiger partial charge in [0.2, 0.25) is 0 Å². The highest BCUT2D eigenvalue weighted by atomic mass is 19.3. The van der Waals surface area contributed by atoms with E-state index in [0.29, 0.717) is 12.1 Å². The van der Waals surface area contributed by atoms with Gasteiger partial charge in [0.25, 0.3) is 11.8 Å². The lowest BCUT2D eigenvalue weighted by atomic mass is 9.86. The fourth-order valence-electron chi connectivity index (χ4n) is 5.08. The van der Waals surface area contributed by atoms with Crippen molar-refractivity contribution >= 4 is 17.7 Å². The number of nitrogens with zero attached hydrogens (tertiary/aromatic N) is 2. The molecule has 0 bridgehead atoms. The molecule has 2 atom stereocenters. The Bertz CT molecular complexity index is 1090. The van der Waals surface area contributed by atoms with Gasteiger partial charge in [-0.3, -0.25) is 9.69 Å². The van der Waals surface area contributed by atoms with E-state index in [0.717, 1.165) is 50.2 Å². The minimum absolute atomic E-state index is 0.0443. The number of carboxylic acids is 1. The SMILES string of the molecule is O=C(O)C(CCN(CCCCc1ccc2c(n1)NCCC2)C1CC(F)(F)C1)NC(=O)C(O)c1ccccc1. The maximum absolute atomic E-state index is 13.6. The Labute approximate surface area is 221 Å². The summed E-state index contributed by atoms with van der Waals surface area (Å²) >= 11 is 0. The van der Waals surface area contributed by atoms with Crippen LogP contribution < -0.4 is 10.6 Å². The summed E-state index contributed by atoms with van der Waals surface area (Å²) in [6, 6.07) is 10.8. The van der Waals surface area contributed by atoms with Crippen LogP contribution in [-0.2, 0) is 22.4 Å². The highest BCUT2D eigenvalue weighted by Crippen LogP contribution is 2.40. The molecule has 4 N–H and O–H groups in total. The number of unbranched alkanes of at least 4 members (excludes halogenated alkanes) is 1. The van der Waals surface area contributed by atoms with Crippen LogP contribution in [0, 0.1) is 0 Å². The van der Waals surface area contributed by atoms with E-state index in [1.165, 1.54) is 5.56 Å². The Morgan fingerprint density at radius 3 is 2.61 bits per heavy atom. The summed E-state index contributed by atoms with van der Waals surface area (Å²) in [6.07, 6.45) is 2.54. The Hall–Kier alpha value is -3.11. The van der Waals surface area contributed by atoms with E-state index < -0.39 is 29.9 Å². The van der Waals surface area contributed by atoms with Crippen LogP contribution in [0.15, 0.2) is 42.5 Å². The molecule has 2 aliphatic rings. The molecule has 2 heterocycles. The zero-order valence-electron chi connectivity index (χ0n) is 21.4. The number of hydrogen-bond donors (Lipinski definition) is 4.